The lowest BCUT2D eigenvalue weighted by molar-refractivity contribution is 0.287. The maximum Gasteiger partial charge on any atom is 0.100 e. The summed E-state index contributed by atoms with van der Waals surface area (Å²) in [4.78, 5) is 2.43. The van der Waals surface area contributed by atoms with E-state index < -0.39 is 0 Å². The molecule has 0 amide bonds. The molecule has 0 radical (unpaired) electrons. The molecule has 0 saturated heterocycles. The Kier molecular flexibility index (Phi) is 6.20. The van der Waals surface area contributed by atoms with Crippen molar-refractivity contribution >= 4 is 23.3 Å². The van der Waals surface area contributed by atoms with Crippen LogP contribution in [-0.2, 0) is 6.54 Å². The van der Waals surface area contributed by atoms with Crippen molar-refractivity contribution in [3.63, 3.8) is 0 Å². The van der Waals surface area contributed by atoms with Gasteiger partial charge in [0.05, 0.1) is 12.1 Å². The van der Waals surface area contributed by atoms with Crippen LogP contribution in [0.25, 0.3) is 22.2 Å². The predicted octanol–water partition coefficient (Wildman–Crippen LogP) is 4.47. The molecule has 2 aromatic carbocycles. The van der Waals surface area contributed by atoms with E-state index in [-0.39, 0.29) is 12.4 Å². The smallest absolute Gasteiger partial charge is 0.100 e. The average Bonchev–Trinajstić information content (AvgIpc) is 2.96. The molecule has 23 heavy (non-hydrogen) atoms. The highest BCUT2D eigenvalue weighted by molar-refractivity contribution is 5.93. The van der Waals surface area contributed by atoms with Gasteiger partial charge in [-0.25, -0.2) is 0 Å². The molecule has 0 aliphatic rings. The van der Waals surface area contributed by atoms with Gasteiger partial charge < -0.3 is 4.90 Å². The van der Waals surface area contributed by atoms with Gasteiger partial charge in [-0.05, 0) is 19.2 Å². The molecule has 0 unspecified atom stereocenters. The lowest BCUT2D eigenvalue weighted by Gasteiger charge is -2.17. The van der Waals surface area contributed by atoms with Gasteiger partial charge >= 0.3 is 0 Å². The summed E-state index contributed by atoms with van der Waals surface area (Å²) in [6.07, 6.45) is 0. The van der Waals surface area contributed by atoms with E-state index in [0.29, 0.717) is 0 Å². The second-order valence-electron chi connectivity index (χ2n) is 5.48. The Morgan fingerprint density at radius 3 is 2.26 bits per heavy atom. The summed E-state index contributed by atoms with van der Waals surface area (Å²) in [5.74, 6) is 0. The highest BCUT2D eigenvalue weighted by atomic mass is 35.5. The minimum absolute atomic E-state index is 0. The van der Waals surface area contributed by atoms with Crippen molar-refractivity contribution in [2.24, 2.45) is 0 Å². The fourth-order valence-electron chi connectivity index (χ4n) is 2.88. The molecule has 3 rings (SSSR count). The molecule has 1 aromatic heterocycles. The number of benzene rings is 2. The van der Waals surface area contributed by atoms with Gasteiger partial charge in [-0.3, -0.25) is 4.68 Å². The zero-order valence-electron chi connectivity index (χ0n) is 13.8. The van der Waals surface area contributed by atoms with Gasteiger partial charge in [0.25, 0.3) is 0 Å². The van der Waals surface area contributed by atoms with Crippen LogP contribution >= 0.6 is 12.4 Å². The number of nitrogens with zero attached hydrogens (tertiary/aromatic N) is 3. The molecule has 0 atom stereocenters. The minimum atomic E-state index is 0. The molecule has 0 N–H and O–H groups in total. The molecule has 0 saturated carbocycles. The van der Waals surface area contributed by atoms with E-state index in [1.54, 1.807) is 0 Å². The Labute approximate surface area is 144 Å². The second-order valence-corrected chi connectivity index (χ2v) is 5.48. The number of fused-ring (bicyclic) bond motifs is 1. The molecule has 3 nitrogen and oxygen atoms in total. The SMILES string of the molecule is CCN(CC)CCn1nc(-c2ccccc2)c2ccccc21.Cl. The van der Waals surface area contributed by atoms with Crippen molar-refractivity contribution in [1.82, 2.24) is 14.7 Å². The zero-order chi connectivity index (χ0) is 15.4. The van der Waals surface area contributed by atoms with Crippen LogP contribution in [0.4, 0.5) is 0 Å². The molecule has 0 aliphatic carbocycles. The summed E-state index contributed by atoms with van der Waals surface area (Å²) >= 11 is 0. The van der Waals surface area contributed by atoms with Gasteiger partial charge in [-0.2, -0.15) is 5.10 Å². The Hall–Kier alpha value is -1.84. The number of hydrogen-bond donors (Lipinski definition) is 0. The Morgan fingerprint density at radius 1 is 0.913 bits per heavy atom. The quantitative estimate of drug-likeness (QED) is 0.665. The average molecular weight is 330 g/mol. The first-order chi connectivity index (χ1) is 10.8. The van der Waals surface area contributed by atoms with E-state index in [0.717, 1.165) is 31.9 Å². The van der Waals surface area contributed by atoms with Gasteiger partial charge in [0.15, 0.2) is 0 Å². The van der Waals surface area contributed by atoms with Gasteiger partial charge in [-0.15, -0.1) is 12.4 Å². The van der Waals surface area contributed by atoms with E-state index in [2.05, 4.69) is 72.0 Å². The molecular formula is C19H24ClN3. The second kappa shape index (κ2) is 8.14. The molecular weight excluding hydrogens is 306 g/mol. The maximum absolute atomic E-state index is 4.89. The van der Waals surface area contributed by atoms with E-state index >= 15 is 0 Å². The van der Waals surface area contributed by atoms with Crippen LogP contribution in [-0.4, -0.2) is 34.3 Å². The van der Waals surface area contributed by atoms with Crippen LogP contribution in [0.15, 0.2) is 54.6 Å². The largest absolute Gasteiger partial charge is 0.302 e. The standard InChI is InChI=1S/C19H23N3.ClH/c1-3-21(4-2)14-15-22-18-13-9-8-12-17(18)19(20-22)16-10-6-5-7-11-16;/h5-13H,3-4,14-15H2,1-2H3;1H. The monoisotopic (exact) mass is 329 g/mol. The van der Waals surface area contributed by atoms with Gasteiger partial charge in [0.2, 0.25) is 0 Å². The molecule has 3 aromatic rings. The molecule has 0 aliphatic heterocycles. The zero-order valence-corrected chi connectivity index (χ0v) is 14.6. The molecule has 0 bridgehead atoms. The van der Waals surface area contributed by atoms with Crippen molar-refractivity contribution in [2.45, 2.75) is 20.4 Å². The third-order valence-corrected chi connectivity index (χ3v) is 4.23. The fraction of sp³-hybridized carbons (Fsp3) is 0.316. The van der Waals surface area contributed by atoms with Gasteiger partial charge in [-0.1, -0.05) is 62.4 Å². The molecule has 0 spiro atoms. The third-order valence-electron chi connectivity index (χ3n) is 4.23. The number of likely N-dealkylation sites (N-methyl/N-ethyl adjacent to an activating group) is 1. The van der Waals surface area contributed by atoms with Crippen LogP contribution in [0.1, 0.15) is 13.8 Å². The van der Waals surface area contributed by atoms with Crippen LogP contribution in [0.3, 0.4) is 0 Å². The van der Waals surface area contributed by atoms with Crippen molar-refractivity contribution in [1.29, 1.82) is 0 Å². The Morgan fingerprint density at radius 2 is 1.57 bits per heavy atom. The summed E-state index contributed by atoms with van der Waals surface area (Å²) < 4.78 is 2.15. The highest BCUT2D eigenvalue weighted by Gasteiger charge is 2.12. The first kappa shape index (κ1) is 17.5. The molecule has 0 fully saturated rings. The van der Waals surface area contributed by atoms with Crippen molar-refractivity contribution in [3.05, 3.63) is 54.6 Å². The molecule has 4 heteroatoms. The van der Waals surface area contributed by atoms with Crippen molar-refractivity contribution in [3.8, 4) is 11.3 Å². The number of para-hydroxylation sites is 1. The fourth-order valence-corrected chi connectivity index (χ4v) is 2.88. The van der Waals surface area contributed by atoms with Crippen LogP contribution in [0.5, 0.6) is 0 Å². The summed E-state index contributed by atoms with van der Waals surface area (Å²) in [6.45, 7) is 8.55. The Bertz CT molecular complexity index is 733. The summed E-state index contributed by atoms with van der Waals surface area (Å²) in [7, 11) is 0. The first-order valence-electron chi connectivity index (χ1n) is 8.06. The minimum Gasteiger partial charge on any atom is -0.302 e. The van der Waals surface area contributed by atoms with Gasteiger partial charge in [0.1, 0.15) is 5.69 Å². The number of hydrogen-bond acceptors (Lipinski definition) is 2. The van der Waals surface area contributed by atoms with Crippen molar-refractivity contribution in [2.75, 3.05) is 19.6 Å². The van der Waals surface area contributed by atoms with Crippen LogP contribution in [0.2, 0.25) is 0 Å². The number of rotatable bonds is 6. The Balaban J connectivity index is 0.00000192. The maximum atomic E-state index is 4.89. The lowest BCUT2D eigenvalue weighted by Crippen LogP contribution is -2.27. The first-order valence-corrected chi connectivity index (χ1v) is 8.06. The van der Waals surface area contributed by atoms with E-state index in [4.69, 9.17) is 5.10 Å². The van der Waals surface area contributed by atoms with E-state index in [9.17, 15) is 0 Å². The lowest BCUT2D eigenvalue weighted by atomic mass is 10.1. The summed E-state index contributed by atoms with van der Waals surface area (Å²) in [5, 5.41) is 6.12. The highest BCUT2D eigenvalue weighted by Crippen LogP contribution is 2.27. The van der Waals surface area contributed by atoms with Crippen LogP contribution in [0, 0.1) is 0 Å². The number of aromatic nitrogens is 2. The van der Waals surface area contributed by atoms with Gasteiger partial charge in [0, 0.05) is 17.5 Å². The predicted molar refractivity (Wildman–Crippen MR) is 100 cm³/mol. The number of halogens is 1. The summed E-state index contributed by atoms with van der Waals surface area (Å²) in [5.41, 5.74) is 3.48. The molecule has 1 heterocycles. The summed E-state index contributed by atoms with van der Waals surface area (Å²) in [6, 6.07) is 18.9. The van der Waals surface area contributed by atoms with Crippen molar-refractivity contribution < 1.29 is 0 Å². The van der Waals surface area contributed by atoms with E-state index in [1.165, 1.54) is 16.5 Å². The van der Waals surface area contributed by atoms with Crippen LogP contribution < -0.4 is 0 Å². The topological polar surface area (TPSA) is 21.1 Å². The molecule has 122 valence electrons. The third kappa shape index (κ3) is 3.74. The normalized spacial score (nSPS) is 10.9. The van der Waals surface area contributed by atoms with E-state index in [1.807, 2.05) is 6.07 Å².